The summed E-state index contributed by atoms with van der Waals surface area (Å²) in [7, 11) is -3.89. The van der Waals surface area contributed by atoms with Gasteiger partial charge in [-0.25, -0.2) is 18.6 Å². The van der Waals surface area contributed by atoms with Crippen LogP contribution in [-0.2, 0) is 30.8 Å². The Kier molecular flexibility index (Phi) is 10.2. The molecular weight excluding hydrogens is 522 g/mol. The first-order valence-electron chi connectivity index (χ1n) is 13.1. The smallest absolute Gasteiger partial charge is 0.322 e. The predicted octanol–water partition coefficient (Wildman–Crippen LogP) is 1.84. The van der Waals surface area contributed by atoms with Crippen molar-refractivity contribution in [3.05, 3.63) is 47.8 Å². The molecule has 3 rings (SSSR count). The molecule has 0 saturated carbocycles. The van der Waals surface area contributed by atoms with E-state index in [4.69, 9.17) is 0 Å². The molecule has 3 atom stereocenters. The molecule has 1 fully saturated rings. The van der Waals surface area contributed by atoms with Crippen LogP contribution in [0.15, 0.2) is 36.5 Å². The number of aliphatic carboxylic acids is 1. The van der Waals surface area contributed by atoms with E-state index in [9.17, 15) is 27.9 Å². The lowest BCUT2D eigenvalue weighted by molar-refractivity contribution is -0.148. The highest BCUT2D eigenvalue weighted by Crippen LogP contribution is 2.17. The van der Waals surface area contributed by atoms with E-state index in [1.807, 2.05) is 12.1 Å². The molecule has 1 aliphatic heterocycles. The van der Waals surface area contributed by atoms with Gasteiger partial charge in [0.1, 0.15) is 18.1 Å². The van der Waals surface area contributed by atoms with Crippen LogP contribution in [0.1, 0.15) is 51.8 Å². The highest BCUT2D eigenvalue weighted by Gasteiger charge is 2.33. The molecule has 11 nitrogen and oxygen atoms in total. The maximum absolute atomic E-state index is 13.0. The predicted molar refractivity (Wildman–Crippen MR) is 149 cm³/mol. The number of carbonyl (C=O) groups is 3. The first kappa shape index (κ1) is 30.2. The molecule has 2 heterocycles. The second-order valence-electron chi connectivity index (χ2n) is 10.0. The molecule has 12 heteroatoms. The molecule has 212 valence electrons. The van der Waals surface area contributed by atoms with Gasteiger partial charge in [-0.05, 0) is 55.2 Å². The zero-order valence-corrected chi connectivity index (χ0v) is 23.5. The van der Waals surface area contributed by atoms with E-state index < -0.39 is 51.9 Å². The van der Waals surface area contributed by atoms with Gasteiger partial charge in [-0.3, -0.25) is 24.4 Å². The molecule has 4 N–H and O–H groups in total. The molecule has 1 aliphatic rings. The Hall–Kier alpha value is -3.35. The normalized spacial score (nSPS) is 17.9. The van der Waals surface area contributed by atoms with Gasteiger partial charge in [-0.15, -0.1) is 0 Å². The van der Waals surface area contributed by atoms with Crippen molar-refractivity contribution in [3.8, 4) is 0 Å². The molecule has 2 amide bonds. The highest BCUT2D eigenvalue weighted by atomic mass is 32.2. The standard InChI is InChI=1S/C27H37N5O6S/c1-5-19-10-11-20-16-28-22(15-21(20)14-19)8-7-13-39(37,38)31-24(17(2)3)25(33)29-18(4)26(34)32-12-6-9-23(30-32)27(35)36/h7-8,10-11,14-18,23-24,30-31H,5-6,9,12-13H2,1-4H3,(H,29,33)(H,35,36)/b8-7+/t18-,23-,24?/m0/s1. The molecule has 0 aliphatic carbocycles. The summed E-state index contributed by atoms with van der Waals surface area (Å²) in [5.74, 6) is -2.97. The monoisotopic (exact) mass is 559 g/mol. The second-order valence-corrected chi connectivity index (χ2v) is 11.8. The summed E-state index contributed by atoms with van der Waals surface area (Å²) in [6, 6.07) is 5.05. The Morgan fingerprint density at radius 2 is 1.95 bits per heavy atom. The number of carboxylic acids is 1. The van der Waals surface area contributed by atoms with Crippen LogP contribution in [-0.4, -0.2) is 71.7 Å². The number of aryl methyl sites for hydroxylation is 1. The second kappa shape index (κ2) is 13.1. The summed E-state index contributed by atoms with van der Waals surface area (Å²) in [4.78, 5) is 41.3. The minimum absolute atomic E-state index is 0.307. The maximum Gasteiger partial charge on any atom is 0.322 e. The lowest BCUT2D eigenvalue weighted by atomic mass is 10.0. The number of hydrogen-bond acceptors (Lipinski definition) is 7. The molecular formula is C27H37N5O6S. The van der Waals surface area contributed by atoms with E-state index in [0.717, 1.165) is 17.2 Å². The quantitative estimate of drug-likeness (QED) is 0.325. The van der Waals surface area contributed by atoms with Crippen molar-refractivity contribution in [2.24, 2.45) is 5.92 Å². The number of amides is 2. The van der Waals surface area contributed by atoms with Crippen molar-refractivity contribution in [1.82, 2.24) is 25.5 Å². The molecule has 0 radical (unpaired) electrons. The Morgan fingerprint density at radius 3 is 2.62 bits per heavy atom. The fourth-order valence-corrected chi connectivity index (χ4v) is 5.48. The van der Waals surface area contributed by atoms with Crippen LogP contribution in [0.5, 0.6) is 0 Å². The molecule has 2 aromatic rings. The van der Waals surface area contributed by atoms with Gasteiger partial charge in [-0.2, -0.15) is 0 Å². The number of sulfonamides is 1. The van der Waals surface area contributed by atoms with Crippen LogP contribution < -0.4 is 15.5 Å². The van der Waals surface area contributed by atoms with Gasteiger partial charge in [0.15, 0.2) is 0 Å². The summed E-state index contributed by atoms with van der Waals surface area (Å²) in [5.41, 5.74) is 4.47. The third-order valence-corrected chi connectivity index (χ3v) is 7.80. The summed E-state index contributed by atoms with van der Waals surface area (Å²) >= 11 is 0. The van der Waals surface area contributed by atoms with Crippen molar-refractivity contribution in [2.45, 2.75) is 65.1 Å². The lowest BCUT2D eigenvalue weighted by Gasteiger charge is -2.34. The summed E-state index contributed by atoms with van der Waals surface area (Å²) in [5, 5.41) is 15.0. The molecule has 1 unspecified atom stereocenters. The van der Waals surface area contributed by atoms with Crippen LogP contribution in [0.2, 0.25) is 0 Å². The van der Waals surface area contributed by atoms with Crippen LogP contribution in [0, 0.1) is 5.92 Å². The number of carbonyl (C=O) groups excluding carboxylic acids is 2. The van der Waals surface area contributed by atoms with Crippen molar-refractivity contribution >= 4 is 44.7 Å². The van der Waals surface area contributed by atoms with Crippen molar-refractivity contribution in [1.29, 1.82) is 0 Å². The number of rotatable bonds is 11. The van der Waals surface area contributed by atoms with Gasteiger partial charge in [0.2, 0.25) is 15.9 Å². The van der Waals surface area contributed by atoms with Gasteiger partial charge >= 0.3 is 5.97 Å². The number of hydrazine groups is 1. The maximum atomic E-state index is 13.0. The molecule has 1 saturated heterocycles. The van der Waals surface area contributed by atoms with Crippen LogP contribution in [0.3, 0.4) is 0 Å². The average Bonchev–Trinajstić information content (AvgIpc) is 2.90. The number of pyridine rings is 1. The zero-order valence-electron chi connectivity index (χ0n) is 22.7. The lowest BCUT2D eigenvalue weighted by Crippen LogP contribution is -2.60. The first-order valence-corrected chi connectivity index (χ1v) is 14.7. The van der Waals surface area contributed by atoms with E-state index in [1.165, 1.54) is 23.6 Å². The minimum atomic E-state index is -3.89. The van der Waals surface area contributed by atoms with Crippen molar-refractivity contribution < 1.29 is 27.9 Å². The van der Waals surface area contributed by atoms with Gasteiger partial charge in [0.05, 0.1) is 11.4 Å². The Morgan fingerprint density at radius 1 is 1.21 bits per heavy atom. The van der Waals surface area contributed by atoms with Crippen molar-refractivity contribution in [2.75, 3.05) is 12.3 Å². The van der Waals surface area contributed by atoms with Crippen molar-refractivity contribution in [3.63, 3.8) is 0 Å². The van der Waals surface area contributed by atoms with E-state index in [0.29, 0.717) is 25.1 Å². The highest BCUT2D eigenvalue weighted by molar-refractivity contribution is 7.89. The Balaban J connectivity index is 1.61. The third-order valence-electron chi connectivity index (χ3n) is 6.55. The molecule has 0 bridgehead atoms. The third kappa shape index (κ3) is 8.32. The number of nitrogens with zero attached hydrogens (tertiary/aromatic N) is 2. The van der Waals surface area contributed by atoms with Crippen LogP contribution >= 0.6 is 0 Å². The first-order chi connectivity index (χ1) is 18.4. The fourth-order valence-electron chi connectivity index (χ4n) is 4.27. The number of hydrogen-bond donors (Lipinski definition) is 4. The average molecular weight is 560 g/mol. The number of aromatic nitrogens is 1. The number of nitrogens with one attached hydrogen (secondary N) is 3. The van der Waals surface area contributed by atoms with E-state index in [2.05, 4.69) is 39.5 Å². The summed E-state index contributed by atoms with van der Waals surface area (Å²) in [6.07, 6.45) is 6.64. The minimum Gasteiger partial charge on any atom is -0.480 e. The summed E-state index contributed by atoms with van der Waals surface area (Å²) < 4.78 is 28.0. The number of benzene rings is 1. The number of fused-ring (bicyclic) bond motifs is 1. The largest absolute Gasteiger partial charge is 0.480 e. The summed E-state index contributed by atoms with van der Waals surface area (Å²) in [6.45, 7) is 7.25. The fraction of sp³-hybridized carbons (Fsp3) is 0.481. The molecule has 1 aromatic carbocycles. The topological polar surface area (TPSA) is 158 Å². The van der Waals surface area contributed by atoms with Crippen LogP contribution in [0.25, 0.3) is 16.8 Å². The van der Waals surface area contributed by atoms with Gasteiger partial charge in [0.25, 0.3) is 5.91 Å². The molecule has 1 aromatic heterocycles. The number of carboxylic acid groups (broad SMARTS) is 1. The van der Waals surface area contributed by atoms with Crippen LogP contribution in [0.4, 0.5) is 0 Å². The molecule has 39 heavy (non-hydrogen) atoms. The SMILES string of the molecule is CCc1ccc2cnc(/C=C/CS(=O)(=O)NC(C(=O)N[C@@H](C)C(=O)N3CCC[C@@H](C(=O)O)N3)C(C)C)cc2c1. The molecule has 0 spiro atoms. The Bertz CT molecular complexity index is 1340. The zero-order chi connectivity index (χ0) is 28.7. The van der Waals surface area contributed by atoms with E-state index in [1.54, 1.807) is 26.1 Å². The van der Waals surface area contributed by atoms with E-state index in [-0.39, 0.29) is 5.75 Å². The Labute approximate surface area is 229 Å². The van der Waals surface area contributed by atoms with E-state index >= 15 is 0 Å². The van der Waals surface area contributed by atoms with Gasteiger partial charge < -0.3 is 10.4 Å². The van der Waals surface area contributed by atoms with Gasteiger partial charge in [0, 0.05) is 18.1 Å². The van der Waals surface area contributed by atoms with Gasteiger partial charge in [-0.1, -0.05) is 45.0 Å².